The number of aliphatic hydroxyl groups is 1. The van der Waals surface area contributed by atoms with E-state index in [-0.39, 0.29) is 23.5 Å². The first-order valence-corrected chi connectivity index (χ1v) is 5.61. The summed E-state index contributed by atoms with van der Waals surface area (Å²) < 4.78 is 5.01. The van der Waals surface area contributed by atoms with Gasteiger partial charge in [0.1, 0.15) is 0 Å². The molecule has 88 valence electrons. The molecule has 1 heterocycles. The van der Waals surface area contributed by atoms with Gasteiger partial charge in [0.05, 0.1) is 12.1 Å². The van der Waals surface area contributed by atoms with Crippen molar-refractivity contribution in [3.8, 4) is 0 Å². The van der Waals surface area contributed by atoms with Crippen LogP contribution in [0, 0.1) is 5.92 Å². The predicted molar refractivity (Wildman–Crippen MR) is 59.4 cm³/mol. The molecule has 2 N–H and O–H groups in total. The number of rotatable bonds is 4. The van der Waals surface area contributed by atoms with Gasteiger partial charge < -0.3 is 14.8 Å². The monoisotopic (exact) mass is 243 g/mol. The molecule has 1 aromatic rings. The zero-order valence-corrected chi connectivity index (χ0v) is 9.75. The molecular weight excluding hydrogens is 230 g/mol. The van der Waals surface area contributed by atoms with Crippen LogP contribution in [0.3, 0.4) is 0 Å². The first kappa shape index (κ1) is 11.5. The van der Waals surface area contributed by atoms with Gasteiger partial charge in [0, 0.05) is 0 Å². The Morgan fingerprint density at radius 3 is 2.81 bits per heavy atom. The van der Waals surface area contributed by atoms with Crippen molar-refractivity contribution in [1.29, 1.82) is 0 Å². The van der Waals surface area contributed by atoms with E-state index in [0.717, 1.165) is 12.8 Å². The maximum atomic E-state index is 11.8. The second-order valence-electron chi connectivity index (χ2n) is 4.41. The number of furan rings is 1. The van der Waals surface area contributed by atoms with Crippen molar-refractivity contribution in [2.75, 3.05) is 6.61 Å². The van der Waals surface area contributed by atoms with Crippen LogP contribution in [0.15, 0.2) is 16.5 Å². The number of hydrogen-bond acceptors (Lipinski definition) is 3. The fraction of sp³-hybridized carbons (Fsp3) is 0.545. The molecule has 1 aliphatic rings. The summed E-state index contributed by atoms with van der Waals surface area (Å²) >= 11 is 5.59. The number of nitrogens with one attached hydrogen (secondary N) is 1. The minimum atomic E-state index is -0.559. The maximum Gasteiger partial charge on any atom is 0.287 e. The number of carbonyl (C=O) groups excluding carboxylic acids is 1. The van der Waals surface area contributed by atoms with Crippen LogP contribution in [0.25, 0.3) is 0 Å². The van der Waals surface area contributed by atoms with E-state index in [0.29, 0.717) is 5.92 Å². The van der Waals surface area contributed by atoms with Crippen LogP contribution in [-0.4, -0.2) is 23.2 Å². The normalized spacial score (nSPS) is 19.2. The lowest BCUT2D eigenvalue weighted by molar-refractivity contribution is 0.0797. The minimum absolute atomic E-state index is 0.0716. The Morgan fingerprint density at radius 2 is 2.38 bits per heavy atom. The van der Waals surface area contributed by atoms with Crippen molar-refractivity contribution in [2.45, 2.75) is 25.3 Å². The molecule has 1 amide bonds. The van der Waals surface area contributed by atoms with Crippen molar-refractivity contribution >= 4 is 17.5 Å². The van der Waals surface area contributed by atoms with E-state index in [9.17, 15) is 9.90 Å². The molecule has 2 rings (SSSR count). The standard InChI is InChI=1S/C11H14ClNO3/c1-11(6-14,7-2-3-7)13-10(15)8-4-5-9(12)16-8/h4-5,7,14H,2-3,6H2,1H3,(H,13,15). The molecular formula is C11H14ClNO3. The number of hydrogen-bond donors (Lipinski definition) is 2. The van der Waals surface area contributed by atoms with E-state index in [2.05, 4.69) is 5.32 Å². The van der Waals surface area contributed by atoms with Crippen LogP contribution in [0.1, 0.15) is 30.3 Å². The second-order valence-corrected chi connectivity index (χ2v) is 4.78. The molecule has 5 heteroatoms. The Hall–Kier alpha value is -1.00. The van der Waals surface area contributed by atoms with Crippen molar-refractivity contribution in [3.63, 3.8) is 0 Å². The van der Waals surface area contributed by atoms with Crippen LogP contribution in [0.2, 0.25) is 5.22 Å². The molecule has 0 aliphatic heterocycles. The molecule has 0 spiro atoms. The third-order valence-corrected chi connectivity index (χ3v) is 3.21. The predicted octanol–water partition coefficient (Wildman–Crippen LogP) is 1.82. The fourth-order valence-corrected chi connectivity index (χ4v) is 1.89. The number of amides is 1. The van der Waals surface area contributed by atoms with Gasteiger partial charge in [0.25, 0.3) is 5.91 Å². The highest BCUT2D eigenvalue weighted by Gasteiger charge is 2.42. The Labute approximate surface area is 98.6 Å². The van der Waals surface area contributed by atoms with Gasteiger partial charge in [-0.05, 0) is 49.4 Å². The van der Waals surface area contributed by atoms with Gasteiger partial charge in [0.2, 0.25) is 0 Å². The fourth-order valence-electron chi connectivity index (χ4n) is 1.75. The molecule has 0 radical (unpaired) electrons. The molecule has 0 bridgehead atoms. The number of aliphatic hydroxyl groups excluding tert-OH is 1. The molecule has 0 aromatic carbocycles. The Morgan fingerprint density at radius 1 is 1.69 bits per heavy atom. The quantitative estimate of drug-likeness (QED) is 0.848. The summed E-state index contributed by atoms with van der Waals surface area (Å²) in [6.45, 7) is 1.77. The van der Waals surface area contributed by atoms with Crippen molar-refractivity contribution in [2.24, 2.45) is 5.92 Å². The first-order valence-electron chi connectivity index (χ1n) is 5.24. The van der Waals surface area contributed by atoms with Gasteiger partial charge in [0.15, 0.2) is 11.0 Å². The molecule has 1 aromatic heterocycles. The average Bonchev–Trinajstić information content (AvgIpc) is 3.02. The van der Waals surface area contributed by atoms with Gasteiger partial charge in [-0.3, -0.25) is 4.79 Å². The molecule has 1 saturated carbocycles. The lowest BCUT2D eigenvalue weighted by atomic mass is 9.97. The van der Waals surface area contributed by atoms with Gasteiger partial charge >= 0.3 is 0 Å². The largest absolute Gasteiger partial charge is 0.440 e. The molecule has 4 nitrogen and oxygen atoms in total. The summed E-state index contributed by atoms with van der Waals surface area (Å²) in [5, 5.41) is 12.3. The lowest BCUT2D eigenvalue weighted by Crippen LogP contribution is -2.50. The SMILES string of the molecule is CC(CO)(NC(=O)c1ccc(Cl)o1)C1CC1. The lowest BCUT2D eigenvalue weighted by Gasteiger charge is -2.28. The van der Waals surface area contributed by atoms with E-state index >= 15 is 0 Å². The first-order chi connectivity index (χ1) is 7.55. The minimum Gasteiger partial charge on any atom is -0.440 e. The molecule has 1 unspecified atom stereocenters. The number of carbonyl (C=O) groups is 1. The van der Waals surface area contributed by atoms with E-state index in [1.807, 2.05) is 6.92 Å². The smallest absolute Gasteiger partial charge is 0.287 e. The zero-order valence-electron chi connectivity index (χ0n) is 9.00. The summed E-state index contributed by atoms with van der Waals surface area (Å²) in [6, 6.07) is 3.03. The zero-order chi connectivity index (χ0) is 11.8. The summed E-state index contributed by atoms with van der Waals surface area (Å²) in [6.07, 6.45) is 2.08. The molecule has 16 heavy (non-hydrogen) atoms. The average molecular weight is 244 g/mol. The third-order valence-electron chi connectivity index (χ3n) is 3.00. The highest BCUT2D eigenvalue weighted by molar-refractivity contribution is 6.29. The topological polar surface area (TPSA) is 62.5 Å². The second kappa shape index (κ2) is 4.11. The molecule has 0 saturated heterocycles. The van der Waals surface area contributed by atoms with Crippen LogP contribution < -0.4 is 5.32 Å². The number of halogens is 1. The highest BCUT2D eigenvalue weighted by atomic mass is 35.5. The van der Waals surface area contributed by atoms with Gasteiger partial charge in [-0.2, -0.15) is 0 Å². The Balaban J connectivity index is 2.06. The maximum absolute atomic E-state index is 11.8. The summed E-state index contributed by atoms with van der Waals surface area (Å²) in [5.41, 5.74) is -0.559. The van der Waals surface area contributed by atoms with Crippen molar-refractivity contribution < 1.29 is 14.3 Å². The Bertz CT molecular complexity index is 400. The summed E-state index contributed by atoms with van der Waals surface area (Å²) in [5.74, 6) is 0.188. The van der Waals surface area contributed by atoms with E-state index < -0.39 is 5.54 Å². The van der Waals surface area contributed by atoms with Gasteiger partial charge in [-0.15, -0.1) is 0 Å². The summed E-state index contributed by atoms with van der Waals surface area (Å²) in [7, 11) is 0. The van der Waals surface area contributed by atoms with Crippen LogP contribution in [0.5, 0.6) is 0 Å². The van der Waals surface area contributed by atoms with E-state index in [1.165, 1.54) is 12.1 Å². The van der Waals surface area contributed by atoms with Crippen molar-refractivity contribution in [3.05, 3.63) is 23.1 Å². The van der Waals surface area contributed by atoms with E-state index in [4.69, 9.17) is 16.0 Å². The highest BCUT2D eigenvalue weighted by Crippen LogP contribution is 2.39. The van der Waals surface area contributed by atoms with Crippen LogP contribution >= 0.6 is 11.6 Å². The molecule has 1 aliphatic carbocycles. The van der Waals surface area contributed by atoms with Crippen LogP contribution in [0.4, 0.5) is 0 Å². The Kier molecular flexibility index (Phi) is 2.95. The third kappa shape index (κ3) is 2.23. The van der Waals surface area contributed by atoms with Crippen LogP contribution in [-0.2, 0) is 0 Å². The molecule has 1 atom stereocenters. The molecule has 1 fully saturated rings. The van der Waals surface area contributed by atoms with Crippen molar-refractivity contribution in [1.82, 2.24) is 5.32 Å². The van der Waals surface area contributed by atoms with Gasteiger partial charge in [-0.1, -0.05) is 0 Å². The van der Waals surface area contributed by atoms with Gasteiger partial charge in [-0.25, -0.2) is 0 Å². The van der Waals surface area contributed by atoms with E-state index in [1.54, 1.807) is 0 Å². The summed E-state index contributed by atoms with van der Waals surface area (Å²) in [4.78, 5) is 11.8.